The summed E-state index contributed by atoms with van der Waals surface area (Å²) in [6, 6.07) is 9.37. The predicted octanol–water partition coefficient (Wildman–Crippen LogP) is 3.26. The van der Waals surface area contributed by atoms with Crippen LogP contribution in [0, 0.1) is 11.8 Å². The fourth-order valence-electron chi connectivity index (χ4n) is 2.56. The van der Waals surface area contributed by atoms with Crippen molar-refractivity contribution in [1.82, 2.24) is 0 Å². The second kappa shape index (κ2) is 5.26. The molecule has 0 aromatic heterocycles. The van der Waals surface area contributed by atoms with Gasteiger partial charge in [-0.1, -0.05) is 37.3 Å². The SMILES string of the molecule is CC(C(=O)c1ccccc1)C1CCCC(=O)C1. The number of Topliss-reactive ketones (excluding diaryl/α,β-unsaturated/α-hetero) is 2. The second-order valence-corrected chi connectivity index (χ2v) is 4.91. The maximum atomic E-state index is 12.2. The molecule has 0 N–H and O–H groups in total. The molecule has 2 atom stereocenters. The van der Waals surface area contributed by atoms with E-state index in [4.69, 9.17) is 0 Å². The second-order valence-electron chi connectivity index (χ2n) is 4.91. The first kappa shape index (κ1) is 12.0. The molecule has 90 valence electrons. The van der Waals surface area contributed by atoms with Gasteiger partial charge in [-0.25, -0.2) is 0 Å². The van der Waals surface area contributed by atoms with Crippen molar-refractivity contribution in [2.75, 3.05) is 0 Å². The lowest BCUT2D eigenvalue weighted by atomic mass is 9.77. The zero-order valence-corrected chi connectivity index (χ0v) is 10.2. The van der Waals surface area contributed by atoms with Crippen LogP contribution >= 0.6 is 0 Å². The van der Waals surface area contributed by atoms with Crippen molar-refractivity contribution in [3.8, 4) is 0 Å². The largest absolute Gasteiger partial charge is 0.300 e. The monoisotopic (exact) mass is 230 g/mol. The molecule has 1 aromatic carbocycles. The fourth-order valence-corrected chi connectivity index (χ4v) is 2.56. The lowest BCUT2D eigenvalue weighted by Crippen LogP contribution is -2.26. The first-order chi connectivity index (χ1) is 8.18. The fraction of sp³-hybridized carbons (Fsp3) is 0.467. The van der Waals surface area contributed by atoms with E-state index < -0.39 is 0 Å². The zero-order chi connectivity index (χ0) is 12.3. The Morgan fingerprint density at radius 1 is 1.29 bits per heavy atom. The van der Waals surface area contributed by atoms with E-state index in [2.05, 4.69) is 0 Å². The molecule has 1 aromatic rings. The van der Waals surface area contributed by atoms with Crippen LogP contribution in [0.15, 0.2) is 30.3 Å². The Hall–Kier alpha value is -1.44. The molecule has 17 heavy (non-hydrogen) atoms. The lowest BCUT2D eigenvalue weighted by Gasteiger charge is -2.25. The van der Waals surface area contributed by atoms with Crippen LogP contribution in [0.2, 0.25) is 0 Å². The summed E-state index contributed by atoms with van der Waals surface area (Å²) in [5.74, 6) is 0.685. The molecule has 0 bridgehead atoms. The van der Waals surface area contributed by atoms with Crippen LogP contribution in [0.1, 0.15) is 43.0 Å². The van der Waals surface area contributed by atoms with Crippen molar-refractivity contribution in [3.05, 3.63) is 35.9 Å². The first-order valence-electron chi connectivity index (χ1n) is 6.29. The van der Waals surface area contributed by atoms with Crippen LogP contribution < -0.4 is 0 Å². The Morgan fingerprint density at radius 2 is 2.00 bits per heavy atom. The average Bonchev–Trinajstić information content (AvgIpc) is 2.38. The number of rotatable bonds is 3. The summed E-state index contributed by atoms with van der Waals surface area (Å²) >= 11 is 0. The molecule has 0 heterocycles. The third-order valence-electron chi connectivity index (χ3n) is 3.70. The molecule has 2 rings (SSSR count). The minimum atomic E-state index is -0.0401. The molecule has 0 amide bonds. The van der Waals surface area contributed by atoms with Gasteiger partial charge >= 0.3 is 0 Å². The van der Waals surface area contributed by atoms with E-state index in [1.165, 1.54) is 0 Å². The van der Waals surface area contributed by atoms with E-state index in [9.17, 15) is 9.59 Å². The van der Waals surface area contributed by atoms with Gasteiger partial charge in [0.1, 0.15) is 5.78 Å². The van der Waals surface area contributed by atoms with Crippen LogP contribution in [0.25, 0.3) is 0 Å². The van der Waals surface area contributed by atoms with E-state index in [0.717, 1.165) is 18.4 Å². The Balaban J connectivity index is 2.07. The quantitative estimate of drug-likeness (QED) is 0.747. The van der Waals surface area contributed by atoms with Gasteiger partial charge in [-0.05, 0) is 18.8 Å². The lowest BCUT2D eigenvalue weighted by molar-refractivity contribution is -0.121. The number of hydrogen-bond acceptors (Lipinski definition) is 2. The molecule has 0 radical (unpaired) electrons. The predicted molar refractivity (Wildman–Crippen MR) is 66.9 cm³/mol. The Kier molecular flexibility index (Phi) is 3.72. The zero-order valence-electron chi connectivity index (χ0n) is 10.2. The summed E-state index contributed by atoms with van der Waals surface area (Å²) in [6.45, 7) is 1.96. The molecule has 2 nitrogen and oxygen atoms in total. The van der Waals surface area contributed by atoms with Gasteiger partial charge in [0.2, 0.25) is 0 Å². The number of ketones is 2. The van der Waals surface area contributed by atoms with Gasteiger partial charge in [-0.3, -0.25) is 9.59 Å². The van der Waals surface area contributed by atoms with Crippen LogP contribution in [-0.4, -0.2) is 11.6 Å². The van der Waals surface area contributed by atoms with Gasteiger partial charge in [0.15, 0.2) is 5.78 Å². The van der Waals surface area contributed by atoms with Gasteiger partial charge in [0, 0.05) is 24.3 Å². The Bertz CT molecular complexity index is 408. The van der Waals surface area contributed by atoms with E-state index in [-0.39, 0.29) is 17.6 Å². The third kappa shape index (κ3) is 2.82. The van der Waals surface area contributed by atoms with Crippen LogP contribution in [-0.2, 0) is 4.79 Å². The maximum absolute atomic E-state index is 12.2. The highest BCUT2D eigenvalue weighted by Crippen LogP contribution is 2.30. The number of hydrogen-bond donors (Lipinski definition) is 0. The molecule has 0 aliphatic heterocycles. The summed E-state index contributed by atoms with van der Waals surface area (Å²) in [6.07, 6.45) is 3.23. The molecule has 2 unspecified atom stereocenters. The average molecular weight is 230 g/mol. The summed E-state index contributed by atoms with van der Waals surface area (Å²) in [5.41, 5.74) is 0.762. The van der Waals surface area contributed by atoms with Crippen molar-refractivity contribution in [2.45, 2.75) is 32.6 Å². The normalized spacial score (nSPS) is 22.2. The summed E-state index contributed by atoms with van der Waals surface area (Å²) in [5, 5.41) is 0. The maximum Gasteiger partial charge on any atom is 0.165 e. The van der Waals surface area contributed by atoms with Crippen molar-refractivity contribution in [3.63, 3.8) is 0 Å². The van der Waals surface area contributed by atoms with Gasteiger partial charge in [0.25, 0.3) is 0 Å². The highest BCUT2D eigenvalue weighted by Gasteiger charge is 2.29. The molecule has 1 fully saturated rings. The van der Waals surface area contributed by atoms with E-state index in [1.807, 2.05) is 37.3 Å². The Labute approximate surface area is 102 Å². The minimum Gasteiger partial charge on any atom is -0.300 e. The highest BCUT2D eigenvalue weighted by atomic mass is 16.1. The van der Waals surface area contributed by atoms with Crippen molar-refractivity contribution in [1.29, 1.82) is 0 Å². The molecule has 2 heteroatoms. The number of carbonyl (C=O) groups is 2. The molecule has 0 saturated heterocycles. The smallest absolute Gasteiger partial charge is 0.165 e. The number of carbonyl (C=O) groups excluding carboxylic acids is 2. The topological polar surface area (TPSA) is 34.1 Å². The molecule has 1 aliphatic carbocycles. The van der Waals surface area contributed by atoms with Crippen molar-refractivity contribution in [2.24, 2.45) is 11.8 Å². The molecule has 0 spiro atoms. The van der Waals surface area contributed by atoms with Gasteiger partial charge in [-0.15, -0.1) is 0 Å². The summed E-state index contributed by atoms with van der Waals surface area (Å²) in [4.78, 5) is 23.7. The van der Waals surface area contributed by atoms with E-state index >= 15 is 0 Å². The molecular weight excluding hydrogens is 212 g/mol. The van der Waals surface area contributed by atoms with Crippen LogP contribution in [0.4, 0.5) is 0 Å². The third-order valence-corrected chi connectivity index (χ3v) is 3.70. The van der Waals surface area contributed by atoms with Crippen LogP contribution in [0.5, 0.6) is 0 Å². The minimum absolute atomic E-state index is 0.0401. The summed E-state index contributed by atoms with van der Waals surface area (Å²) < 4.78 is 0. The van der Waals surface area contributed by atoms with Gasteiger partial charge in [-0.2, -0.15) is 0 Å². The summed E-state index contributed by atoms with van der Waals surface area (Å²) in [7, 11) is 0. The van der Waals surface area contributed by atoms with Crippen molar-refractivity contribution < 1.29 is 9.59 Å². The molecular formula is C15H18O2. The standard InChI is InChI=1S/C15H18O2/c1-11(13-8-5-9-14(16)10-13)15(17)12-6-3-2-4-7-12/h2-4,6-7,11,13H,5,8-10H2,1H3. The van der Waals surface area contributed by atoms with Crippen molar-refractivity contribution >= 4 is 11.6 Å². The van der Waals surface area contributed by atoms with Gasteiger partial charge < -0.3 is 0 Å². The highest BCUT2D eigenvalue weighted by molar-refractivity contribution is 5.98. The number of benzene rings is 1. The Morgan fingerprint density at radius 3 is 2.65 bits per heavy atom. The van der Waals surface area contributed by atoms with E-state index in [0.29, 0.717) is 18.6 Å². The molecule has 1 aliphatic rings. The van der Waals surface area contributed by atoms with Crippen LogP contribution in [0.3, 0.4) is 0 Å². The van der Waals surface area contributed by atoms with E-state index in [1.54, 1.807) is 0 Å². The first-order valence-corrected chi connectivity index (χ1v) is 6.29. The van der Waals surface area contributed by atoms with Gasteiger partial charge in [0.05, 0.1) is 0 Å². The molecule has 1 saturated carbocycles.